The first-order valence-corrected chi connectivity index (χ1v) is 9.49. The van der Waals surface area contributed by atoms with Crippen LogP contribution >= 0.6 is 0 Å². The third-order valence-electron chi connectivity index (χ3n) is 6.03. The maximum absolute atomic E-state index is 12.5. The molecule has 1 aromatic rings. The Balaban J connectivity index is 1.38. The summed E-state index contributed by atoms with van der Waals surface area (Å²) >= 11 is 0. The number of carbonyl (C=O) groups excluding carboxylic acids is 1. The van der Waals surface area contributed by atoms with Gasteiger partial charge in [0.2, 0.25) is 5.91 Å². The summed E-state index contributed by atoms with van der Waals surface area (Å²) in [6.45, 7) is 6.18. The van der Waals surface area contributed by atoms with E-state index < -0.39 is 0 Å². The zero-order chi connectivity index (χ0) is 17.2. The predicted molar refractivity (Wildman–Crippen MR) is 95.8 cm³/mol. The summed E-state index contributed by atoms with van der Waals surface area (Å²) in [5.74, 6) is 0.324. The molecule has 3 saturated heterocycles. The number of benzene rings is 1. The fourth-order valence-corrected chi connectivity index (χ4v) is 4.73. The van der Waals surface area contributed by atoms with Crippen molar-refractivity contribution < 1.29 is 4.79 Å². The summed E-state index contributed by atoms with van der Waals surface area (Å²) in [7, 11) is 0. The molecule has 3 aliphatic heterocycles. The Hall–Kier alpha value is -1.90. The van der Waals surface area contributed by atoms with Crippen LogP contribution in [0.25, 0.3) is 0 Å². The molecule has 25 heavy (non-hydrogen) atoms. The van der Waals surface area contributed by atoms with Crippen LogP contribution in [0.3, 0.4) is 0 Å². The molecule has 0 saturated carbocycles. The molecule has 0 N–H and O–H groups in total. The summed E-state index contributed by atoms with van der Waals surface area (Å²) in [6.07, 6.45) is 4.34. The number of carbonyl (C=O) groups is 1. The van der Waals surface area contributed by atoms with Gasteiger partial charge in [0, 0.05) is 44.7 Å². The second-order valence-electron chi connectivity index (χ2n) is 7.55. The van der Waals surface area contributed by atoms with Gasteiger partial charge in [0.1, 0.15) is 0 Å². The van der Waals surface area contributed by atoms with Gasteiger partial charge in [-0.3, -0.25) is 9.69 Å². The SMILES string of the molecule is N#Cc1cccc(CN2CC[C@@H]3[C@@H]2CC(=O)N3CCN2CCCC2)c1. The highest BCUT2D eigenvalue weighted by atomic mass is 16.2. The summed E-state index contributed by atoms with van der Waals surface area (Å²) in [6, 6.07) is 10.8. The summed E-state index contributed by atoms with van der Waals surface area (Å²) in [5, 5.41) is 9.07. The average molecular weight is 338 g/mol. The standard InChI is InChI=1S/C20H26N4O/c21-14-16-4-3-5-17(12-16)15-23-9-6-18-19(23)13-20(25)24(18)11-10-22-7-1-2-8-22/h3-5,12,18-19H,1-2,6-11,13,15H2/t18-,19+/m1/s1. The zero-order valence-corrected chi connectivity index (χ0v) is 14.7. The van der Waals surface area contributed by atoms with Crippen LogP contribution in [0.2, 0.25) is 0 Å². The van der Waals surface area contributed by atoms with Crippen LogP contribution in [-0.4, -0.2) is 65.4 Å². The fraction of sp³-hybridized carbons (Fsp3) is 0.600. The Labute approximate surface area is 149 Å². The normalized spacial score (nSPS) is 27.0. The molecule has 132 valence electrons. The molecule has 0 radical (unpaired) electrons. The van der Waals surface area contributed by atoms with Crippen molar-refractivity contribution in [2.24, 2.45) is 0 Å². The van der Waals surface area contributed by atoms with Crippen molar-refractivity contribution in [2.75, 3.05) is 32.7 Å². The molecule has 3 aliphatic rings. The Morgan fingerprint density at radius 2 is 1.96 bits per heavy atom. The molecule has 2 atom stereocenters. The van der Waals surface area contributed by atoms with Crippen LogP contribution in [0.5, 0.6) is 0 Å². The second-order valence-corrected chi connectivity index (χ2v) is 7.55. The fourth-order valence-electron chi connectivity index (χ4n) is 4.73. The number of fused-ring (bicyclic) bond motifs is 1. The van der Waals surface area contributed by atoms with Crippen molar-refractivity contribution >= 4 is 5.91 Å². The van der Waals surface area contributed by atoms with E-state index in [0.29, 0.717) is 30.0 Å². The number of nitriles is 1. The molecule has 0 bridgehead atoms. The van der Waals surface area contributed by atoms with E-state index in [0.717, 1.165) is 32.6 Å². The van der Waals surface area contributed by atoms with E-state index in [1.165, 1.54) is 31.5 Å². The molecule has 0 spiro atoms. The van der Waals surface area contributed by atoms with Crippen molar-refractivity contribution in [3.63, 3.8) is 0 Å². The first kappa shape index (κ1) is 16.6. The van der Waals surface area contributed by atoms with E-state index in [2.05, 4.69) is 26.8 Å². The molecule has 1 amide bonds. The molecule has 3 heterocycles. The molecule has 0 aliphatic carbocycles. The molecule has 1 aromatic carbocycles. The highest BCUT2D eigenvalue weighted by Gasteiger charge is 2.46. The van der Waals surface area contributed by atoms with Gasteiger partial charge in [0.25, 0.3) is 0 Å². The molecule has 3 fully saturated rings. The van der Waals surface area contributed by atoms with Gasteiger partial charge >= 0.3 is 0 Å². The van der Waals surface area contributed by atoms with Crippen molar-refractivity contribution in [1.82, 2.24) is 14.7 Å². The highest BCUT2D eigenvalue weighted by Crippen LogP contribution is 2.33. The van der Waals surface area contributed by atoms with E-state index in [1.807, 2.05) is 18.2 Å². The van der Waals surface area contributed by atoms with Crippen molar-refractivity contribution in [3.05, 3.63) is 35.4 Å². The van der Waals surface area contributed by atoms with E-state index in [1.54, 1.807) is 0 Å². The van der Waals surface area contributed by atoms with Crippen molar-refractivity contribution in [1.29, 1.82) is 5.26 Å². The van der Waals surface area contributed by atoms with Crippen molar-refractivity contribution in [3.8, 4) is 6.07 Å². The molecule has 0 unspecified atom stereocenters. The smallest absolute Gasteiger partial charge is 0.224 e. The maximum atomic E-state index is 12.5. The van der Waals surface area contributed by atoms with Gasteiger partial charge in [-0.1, -0.05) is 12.1 Å². The highest BCUT2D eigenvalue weighted by molar-refractivity contribution is 5.80. The second kappa shape index (κ2) is 7.15. The van der Waals surface area contributed by atoms with Gasteiger partial charge in [-0.05, 0) is 50.0 Å². The Morgan fingerprint density at radius 1 is 1.12 bits per heavy atom. The van der Waals surface area contributed by atoms with E-state index in [9.17, 15) is 4.79 Å². The van der Waals surface area contributed by atoms with Crippen molar-refractivity contribution in [2.45, 2.75) is 44.3 Å². The Kier molecular flexibility index (Phi) is 4.74. The maximum Gasteiger partial charge on any atom is 0.224 e. The predicted octanol–water partition coefficient (Wildman–Crippen LogP) is 1.83. The molecule has 0 aromatic heterocycles. The van der Waals surface area contributed by atoms with Crippen LogP contribution in [0.4, 0.5) is 0 Å². The molecular weight excluding hydrogens is 312 g/mol. The van der Waals surface area contributed by atoms with Crippen LogP contribution < -0.4 is 0 Å². The Bertz CT molecular complexity index is 677. The summed E-state index contributed by atoms with van der Waals surface area (Å²) in [4.78, 5) is 19.6. The molecule has 4 rings (SSSR count). The molecule has 5 nitrogen and oxygen atoms in total. The number of likely N-dealkylation sites (tertiary alicyclic amines) is 3. The van der Waals surface area contributed by atoms with Crippen LogP contribution in [0.1, 0.15) is 36.8 Å². The number of hydrogen-bond acceptors (Lipinski definition) is 4. The average Bonchev–Trinajstić information content (AvgIpc) is 3.33. The van der Waals surface area contributed by atoms with Crippen LogP contribution in [-0.2, 0) is 11.3 Å². The van der Waals surface area contributed by atoms with Gasteiger partial charge < -0.3 is 9.80 Å². The quantitative estimate of drug-likeness (QED) is 0.822. The zero-order valence-electron chi connectivity index (χ0n) is 14.7. The monoisotopic (exact) mass is 338 g/mol. The summed E-state index contributed by atoms with van der Waals surface area (Å²) < 4.78 is 0. The number of rotatable bonds is 5. The van der Waals surface area contributed by atoms with E-state index in [-0.39, 0.29) is 0 Å². The largest absolute Gasteiger partial charge is 0.337 e. The lowest BCUT2D eigenvalue weighted by Gasteiger charge is -2.27. The van der Waals surface area contributed by atoms with Gasteiger partial charge in [-0.25, -0.2) is 0 Å². The first-order valence-electron chi connectivity index (χ1n) is 9.49. The number of hydrogen-bond donors (Lipinski definition) is 0. The number of amides is 1. The third-order valence-corrected chi connectivity index (χ3v) is 6.03. The van der Waals surface area contributed by atoms with Crippen LogP contribution in [0, 0.1) is 11.3 Å². The lowest BCUT2D eigenvalue weighted by Crippen LogP contribution is -2.41. The minimum absolute atomic E-state index is 0.324. The van der Waals surface area contributed by atoms with E-state index >= 15 is 0 Å². The molecular formula is C20H26N4O. The lowest BCUT2D eigenvalue weighted by atomic mass is 10.1. The minimum atomic E-state index is 0.324. The lowest BCUT2D eigenvalue weighted by molar-refractivity contribution is -0.129. The third kappa shape index (κ3) is 3.42. The molecule has 5 heteroatoms. The topological polar surface area (TPSA) is 50.6 Å². The van der Waals surface area contributed by atoms with Gasteiger partial charge in [-0.15, -0.1) is 0 Å². The van der Waals surface area contributed by atoms with Gasteiger partial charge in [-0.2, -0.15) is 5.26 Å². The minimum Gasteiger partial charge on any atom is -0.337 e. The first-order chi connectivity index (χ1) is 12.2. The van der Waals surface area contributed by atoms with Gasteiger partial charge in [0.15, 0.2) is 0 Å². The van der Waals surface area contributed by atoms with Gasteiger partial charge in [0.05, 0.1) is 11.6 Å². The van der Waals surface area contributed by atoms with Crippen LogP contribution in [0.15, 0.2) is 24.3 Å². The Morgan fingerprint density at radius 3 is 2.76 bits per heavy atom. The number of nitrogens with zero attached hydrogens (tertiary/aromatic N) is 4. The summed E-state index contributed by atoms with van der Waals surface area (Å²) in [5.41, 5.74) is 1.88. The van der Waals surface area contributed by atoms with E-state index in [4.69, 9.17) is 5.26 Å².